The van der Waals surface area contributed by atoms with E-state index in [0.29, 0.717) is 0 Å². The van der Waals surface area contributed by atoms with Crippen molar-refractivity contribution in [3.8, 4) is 5.75 Å². The Morgan fingerprint density at radius 2 is 2.00 bits per heavy atom. The number of rotatable bonds is 2. The minimum Gasteiger partial charge on any atom is -0.504 e. The quantitative estimate of drug-likeness (QED) is 0.545. The fraction of sp³-hybridized carbons (Fsp3) is 0.333. The number of furan rings is 1. The predicted molar refractivity (Wildman–Crippen MR) is 32.2 cm³/mol. The minimum atomic E-state index is -0.355. The largest absolute Gasteiger partial charge is 0.504 e. The molecule has 0 saturated heterocycles. The first-order valence-electron chi connectivity index (χ1n) is 2.80. The van der Waals surface area contributed by atoms with E-state index in [-0.39, 0.29) is 30.5 Å². The average Bonchev–Trinajstić information content (AvgIpc) is 2.30. The van der Waals surface area contributed by atoms with E-state index in [1.807, 2.05) is 0 Å². The summed E-state index contributed by atoms with van der Waals surface area (Å²) in [6.07, 6.45) is 0. The zero-order valence-corrected chi connectivity index (χ0v) is 5.24. The first-order valence-corrected chi connectivity index (χ1v) is 2.80. The molecule has 1 heterocycles. The highest BCUT2D eigenvalue weighted by atomic mass is 16.4. The van der Waals surface area contributed by atoms with E-state index < -0.39 is 0 Å². The lowest BCUT2D eigenvalue weighted by atomic mass is 10.4. The summed E-state index contributed by atoms with van der Waals surface area (Å²) in [5, 5.41) is 25.9. The lowest BCUT2D eigenvalue weighted by Crippen LogP contribution is -1.77. The standard InChI is InChI=1S/C6H8O4/c7-2-4-1-5(9)6(3-8)10-4/h1,7-9H,2-3H2. The highest BCUT2D eigenvalue weighted by Gasteiger charge is 2.06. The van der Waals surface area contributed by atoms with Gasteiger partial charge in [0.15, 0.2) is 11.5 Å². The van der Waals surface area contributed by atoms with Gasteiger partial charge in [0.2, 0.25) is 0 Å². The van der Waals surface area contributed by atoms with Crippen LogP contribution in [0.2, 0.25) is 0 Å². The summed E-state index contributed by atoms with van der Waals surface area (Å²) in [5.74, 6) is 0.220. The van der Waals surface area contributed by atoms with E-state index in [9.17, 15) is 0 Å². The summed E-state index contributed by atoms with van der Waals surface area (Å²) >= 11 is 0. The monoisotopic (exact) mass is 144 g/mol. The van der Waals surface area contributed by atoms with Gasteiger partial charge in [0, 0.05) is 6.07 Å². The normalized spacial score (nSPS) is 10.2. The SMILES string of the molecule is OCc1cc(O)c(CO)o1. The van der Waals surface area contributed by atoms with Gasteiger partial charge in [-0.3, -0.25) is 0 Å². The third-order valence-electron chi connectivity index (χ3n) is 1.14. The summed E-state index contributed by atoms with van der Waals surface area (Å²) in [7, 11) is 0. The van der Waals surface area contributed by atoms with Crippen molar-refractivity contribution in [2.45, 2.75) is 13.2 Å². The van der Waals surface area contributed by atoms with E-state index >= 15 is 0 Å². The first-order chi connectivity index (χ1) is 4.77. The third kappa shape index (κ3) is 1.12. The second-order valence-corrected chi connectivity index (χ2v) is 1.84. The van der Waals surface area contributed by atoms with Gasteiger partial charge < -0.3 is 19.7 Å². The highest BCUT2D eigenvalue weighted by Crippen LogP contribution is 2.21. The van der Waals surface area contributed by atoms with Gasteiger partial charge in [0.25, 0.3) is 0 Å². The maximum atomic E-state index is 8.90. The Balaban J connectivity index is 2.92. The molecule has 4 nitrogen and oxygen atoms in total. The molecule has 56 valence electrons. The molecule has 0 unspecified atom stereocenters. The molecule has 0 aliphatic heterocycles. The van der Waals surface area contributed by atoms with Crippen molar-refractivity contribution in [2.24, 2.45) is 0 Å². The number of aliphatic hydroxyl groups is 2. The molecule has 0 amide bonds. The van der Waals surface area contributed by atoms with Crippen molar-refractivity contribution in [1.82, 2.24) is 0 Å². The van der Waals surface area contributed by atoms with Crippen LogP contribution in [0.5, 0.6) is 5.75 Å². The third-order valence-corrected chi connectivity index (χ3v) is 1.14. The molecule has 10 heavy (non-hydrogen) atoms. The fourth-order valence-electron chi connectivity index (χ4n) is 0.664. The summed E-state index contributed by atoms with van der Waals surface area (Å²) in [6, 6.07) is 1.27. The average molecular weight is 144 g/mol. The van der Waals surface area contributed by atoms with Gasteiger partial charge in [-0.1, -0.05) is 0 Å². The second kappa shape index (κ2) is 2.72. The Morgan fingerprint density at radius 3 is 2.30 bits per heavy atom. The first kappa shape index (κ1) is 7.11. The van der Waals surface area contributed by atoms with Crippen LogP contribution < -0.4 is 0 Å². The Labute approximate surface area is 57.3 Å². The molecule has 1 aromatic rings. The Bertz CT molecular complexity index is 216. The maximum absolute atomic E-state index is 8.90. The lowest BCUT2D eigenvalue weighted by Gasteiger charge is -1.87. The van der Waals surface area contributed by atoms with Crippen LogP contribution in [0.3, 0.4) is 0 Å². The molecule has 3 N–H and O–H groups in total. The van der Waals surface area contributed by atoms with Crippen LogP contribution >= 0.6 is 0 Å². The van der Waals surface area contributed by atoms with Crippen LogP contribution in [0.1, 0.15) is 11.5 Å². The van der Waals surface area contributed by atoms with Gasteiger partial charge in [-0.2, -0.15) is 0 Å². The molecule has 0 aliphatic carbocycles. The molecule has 0 fully saturated rings. The van der Waals surface area contributed by atoms with Crippen molar-refractivity contribution in [3.63, 3.8) is 0 Å². The van der Waals surface area contributed by atoms with E-state index in [0.717, 1.165) is 0 Å². The molecule has 0 aromatic carbocycles. The van der Waals surface area contributed by atoms with E-state index in [1.54, 1.807) is 0 Å². The van der Waals surface area contributed by atoms with Crippen LogP contribution in [0.15, 0.2) is 10.5 Å². The second-order valence-electron chi connectivity index (χ2n) is 1.84. The number of aromatic hydroxyl groups is 1. The smallest absolute Gasteiger partial charge is 0.171 e. The van der Waals surface area contributed by atoms with Gasteiger partial charge in [0.05, 0.1) is 0 Å². The Kier molecular flexibility index (Phi) is 1.94. The number of aliphatic hydroxyl groups excluding tert-OH is 2. The summed E-state index contributed by atoms with van der Waals surface area (Å²) < 4.78 is 4.76. The van der Waals surface area contributed by atoms with E-state index in [2.05, 4.69) is 0 Å². The summed E-state index contributed by atoms with van der Waals surface area (Å²) in [6.45, 7) is -0.626. The van der Waals surface area contributed by atoms with Gasteiger partial charge in [-0.05, 0) is 0 Å². The van der Waals surface area contributed by atoms with Crippen molar-refractivity contribution in [1.29, 1.82) is 0 Å². The van der Waals surface area contributed by atoms with Crippen molar-refractivity contribution in [3.05, 3.63) is 17.6 Å². The predicted octanol–water partition coefficient (Wildman–Crippen LogP) is -0.0302. The Hall–Kier alpha value is -1.00. The molecule has 0 spiro atoms. The summed E-state index contributed by atoms with van der Waals surface area (Å²) in [5.41, 5.74) is 0. The van der Waals surface area contributed by atoms with Crippen LogP contribution in [-0.4, -0.2) is 15.3 Å². The molecular weight excluding hydrogens is 136 g/mol. The van der Waals surface area contributed by atoms with E-state index in [1.165, 1.54) is 6.07 Å². The van der Waals surface area contributed by atoms with E-state index in [4.69, 9.17) is 19.7 Å². The van der Waals surface area contributed by atoms with Gasteiger partial charge in [-0.25, -0.2) is 0 Å². The van der Waals surface area contributed by atoms with Crippen molar-refractivity contribution >= 4 is 0 Å². The van der Waals surface area contributed by atoms with Crippen LogP contribution in [0, 0.1) is 0 Å². The van der Waals surface area contributed by atoms with Crippen LogP contribution in [0.25, 0.3) is 0 Å². The molecule has 0 saturated carbocycles. The topological polar surface area (TPSA) is 73.8 Å². The fourth-order valence-corrected chi connectivity index (χ4v) is 0.664. The molecular formula is C6H8O4. The highest BCUT2D eigenvalue weighted by molar-refractivity contribution is 5.25. The summed E-state index contributed by atoms with van der Waals surface area (Å²) in [4.78, 5) is 0. The number of hydrogen-bond acceptors (Lipinski definition) is 4. The molecule has 0 atom stereocenters. The zero-order chi connectivity index (χ0) is 7.56. The lowest BCUT2D eigenvalue weighted by molar-refractivity contribution is 0.212. The zero-order valence-electron chi connectivity index (χ0n) is 5.24. The van der Waals surface area contributed by atoms with Crippen molar-refractivity contribution in [2.75, 3.05) is 0 Å². The van der Waals surface area contributed by atoms with Crippen LogP contribution in [0.4, 0.5) is 0 Å². The van der Waals surface area contributed by atoms with Gasteiger partial charge in [-0.15, -0.1) is 0 Å². The van der Waals surface area contributed by atoms with Crippen LogP contribution in [-0.2, 0) is 13.2 Å². The minimum absolute atomic E-state index is 0.0871. The van der Waals surface area contributed by atoms with Crippen molar-refractivity contribution < 1.29 is 19.7 Å². The molecule has 1 rings (SSSR count). The molecule has 4 heteroatoms. The van der Waals surface area contributed by atoms with Gasteiger partial charge in [0.1, 0.15) is 19.0 Å². The molecule has 0 aliphatic rings. The number of hydrogen-bond donors (Lipinski definition) is 3. The Morgan fingerprint density at radius 1 is 1.30 bits per heavy atom. The molecule has 0 bridgehead atoms. The van der Waals surface area contributed by atoms with Gasteiger partial charge >= 0.3 is 0 Å². The molecule has 0 radical (unpaired) electrons. The maximum Gasteiger partial charge on any atom is 0.171 e. The molecule has 1 aromatic heterocycles.